The molecule has 0 aliphatic heterocycles. The molecule has 0 atom stereocenters. The van der Waals surface area contributed by atoms with Gasteiger partial charge >= 0.3 is 5.97 Å². The highest BCUT2D eigenvalue weighted by Crippen LogP contribution is 2.22. The van der Waals surface area contributed by atoms with Gasteiger partial charge in [-0.05, 0) is 37.1 Å². The average Bonchev–Trinajstić information content (AvgIpc) is 2.73. The second-order valence-corrected chi connectivity index (χ2v) is 5.32. The first-order valence-corrected chi connectivity index (χ1v) is 6.90. The topological polar surface area (TPSA) is 55.1 Å². The number of carboxylic acid groups (broad SMARTS) is 1. The molecule has 0 fully saturated rings. The maximum Gasteiger partial charge on any atom is 0.339 e. The Bertz CT molecular complexity index is 620. The summed E-state index contributed by atoms with van der Waals surface area (Å²) in [5.41, 5.74) is 3.00. The zero-order chi connectivity index (χ0) is 14.0. The summed E-state index contributed by atoms with van der Waals surface area (Å²) in [5, 5.41) is 13.4. The van der Waals surface area contributed by atoms with Crippen LogP contribution in [0.2, 0.25) is 0 Å². The molecule has 0 aliphatic rings. The standard InChI is InChI=1S/C14H15BrN2O2/c1-3-4-13-11(14(18)19)8-16-17(13)12-6-5-10(15)7-9(12)2/h5-8H,3-4H2,1-2H3,(H,18,19). The predicted octanol–water partition coefficient (Wildman–Crippen LogP) is 3.59. The normalized spacial score (nSPS) is 10.7. The van der Waals surface area contributed by atoms with Crippen molar-refractivity contribution in [2.45, 2.75) is 26.7 Å². The molecule has 1 heterocycles. The van der Waals surface area contributed by atoms with Crippen LogP contribution in [0.4, 0.5) is 0 Å². The number of halogens is 1. The van der Waals surface area contributed by atoms with Gasteiger partial charge in [-0.1, -0.05) is 29.3 Å². The molecule has 0 radical (unpaired) electrons. The van der Waals surface area contributed by atoms with E-state index < -0.39 is 5.97 Å². The Kier molecular flexibility index (Phi) is 4.04. The van der Waals surface area contributed by atoms with Crippen LogP contribution in [0.1, 0.15) is 35.0 Å². The number of aryl methyl sites for hydroxylation is 1. The number of rotatable bonds is 4. The fraction of sp³-hybridized carbons (Fsp3) is 0.286. The van der Waals surface area contributed by atoms with Gasteiger partial charge in [0, 0.05) is 4.47 Å². The summed E-state index contributed by atoms with van der Waals surface area (Å²) in [6.07, 6.45) is 2.99. The van der Waals surface area contributed by atoms with E-state index in [4.69, 9.17) is 0 Å². The summed E-state index contributed by atoms with van der Waals surface area (Å²) >= 11 is 3.42. The molecule has 0 unspecified atom stereocenters. The molecule has 0 bridgehead atoms. The zero-order valence-corrected chi connectivity index (χ0v) is 12.4. The van der Waals surface area contributed by atoms with Crippen LogP contribution < -0.4 is 0 Å². The summed E-state index contributed by atoms with van der Waals surface area (Å²) < 4.78 is 2.73. The highest BCUT2D eigenvalue weighted by Gasteiger charge is 2.17. The number of hydrogen-bond donors (Lipinski definition) is 1. The average molecular weight is 323 g/mol. The van der Waals surface area contributed by atoms with Crippen LogP contribution in [-0.4, -0.2) is 20.9 Å². The minimum atomic E-state index is -0.926. The van der Waals surface area contributed by atoms with Crippen molar-refractivity contribution in [3.05, 3.63) is 45.7 Å². The van der Waals surface area contributed by atoms with Crippen LogP contribution in [-0.2, 0) is 6.42 Å². The van der Waals surface area contributed by atoms with Gasteiger partial charge in [-0.15, -0.1) is 0 Å². The summed E-state index contributed by atoms with van der Waals surface area (Å²) in [7, 11) is 0. The molecule has 5 heteroatoms. The third-order valence-electron chi connectivity index (χ3n) is 2.97. The molecule has 0 amide bonds. The van der Waals surface area contributed by atoms with Crippen LogP contribution in [0.15, 0.2) is 28.9 Å². The van der Waals surface area contributed by atoms with Crippen molar-refractivity contribution in [1.29, 1.82) is 0 Å². The van der Waals surface area contributed by atoms with E-state index in [1.807, 2.05) is 32.0 Å². The van der Waals surface area contributed by atoms with E-state index >= 15 is 0 Å². The third kappa shape index (κ3) is 2.71. The van der Waals surface area contributed by atoms with Gasteiger partial charge in [-0.2, -0.15) is 5.10 Å². The quantitative estimate of drug-likeness (QED) is 0.935. The highest BCUT2D eigenvalue weighted by atomic mass is 79.9. The first kappa shape index (κ1) is 13.8. The van der Waals surface area contributed by atoms with E-state index in [1.165, 1.54) is 6.20 Å². The van der Waals surface area contributed by atoms with Crippen LogP contribution in [0.25, 0.3) is 5.69 Å². The largest absolute Gasteiger partial charge is 0.478 e. The Morgan fingerprint density at radius 3 is 2.79 bits per heavy atom. The van der Waals surface area contributed by atoms with Gasteiger partial charge in [0.25, 0.3) is 0 Å². The van der Waals surface area contributed by atoms with Crippen LogP contribution >= 0.6 is 15.9 Å². The minimum Gasteiger partial charge on any atom is -0.478 e. The smallest absolute Gasteiger partial charge is 0.339 e. The van der Waals surface area contributed by atoms with Gasteiger partial charge in [0.05, 0.1) is 17.6 Å². The Morgan fingerprint density at radius 1 is 1.47 bits per heavy atom. The van der Waals surface area contributed by atoms with E-state index in [2.05, 4.69) is 21.0 Å². The summed E-state index contributed by atoms with van der Waals surface area (Å²) in [6.45, 7) is 4.01. The monoisotopic (exact) mass is 322 g/mol. The first-order chi connectivity index (χ1) is 9.04. The molecule has 0 aliphatic carbocycles. The Hall–Kier alpha value is -1.62. The molecule has 100 valence electrons. The van der Waals surface area contributed by atoms with E-state index in [0.717, 1.165) is 27.8 Å². The van der Waals surface area contributed by atoms with Crippen molar-refractivity contribution in [2.75, 3.05) is 0 Å². The van der Waals surface area contributed by atoms with Crippen molar-refractivity contribution in [2.24, 2.45) is 0 Å². The summed E-state index contributed by atoms with van der Waals surface area (Å²) in [4.78, 5) is 11.2. The van der Waals surface area contributed by atoms with Crippen molar-refractivity contribution in [3.8, 4) is 5.69 Å². The summed E-state index contributed by atoms with van der Waals surface area (Å²) in [5.74, 6) is -0.926. The number of carboxylic acids is 1. The SMILES string of the molecule is CCCc1c(C(=O)O)cnn1-c1ccc(Br)cc1C. The van der Waals surface area contributed by atoms with Gasteiger partial charge in [-0.25, -0.2) is 9.48 Å². The van der Waals surface area contributed by atoms with Crippen molar-refractivity contribution >= 4 is 21.9 Å². The Labute approximate surface area is 120 Å². The predicted molar refractivity (Wildman–Crippen MR) is 77.0 cm³/mol. The molecule has 2 aromatic rings. The summed E-state index contributed by atoms with van der Waals surface area (Å²) in [6, 6.07) is 5.87. The van der Waals surface area contributed by atoms with Gasteiger partial charge in [-0.3, -0.25) is 0 Å². The van der Waals surface area contributed by atoms with Gasteiger partial charge < -0.3 is 5.11 Å². The fourth-order valence-corrected chi connectivity index (χ4v) is 2.57. The maximum absolute atomic E-state index is 11.2. The van der Waals surface area contributed by atoms with Gasteiger partial charge in [0.15, 0.2) is 0 Å². The highest BCUT2D eigenvalue weighted by molar-refractivity contribution is 9.10. The lowest BCUT2D eigenvalue weighted by atomic mass is 10.1. The van der Waals surface area contributed by atoms with Crippen LogP contribution in [0.5, 0.6) is 0 Å². The van der Waals surface area contributed by atoms with Crippen molar-refractivity contribution in [3.63, 3.8) is 0 Å². The third-order valence-corrected chi connectivity index (χ3v) is 3.47. The number of aromatic nitrogens is 2. The molecule has 4 nitrogen and oxygen atoms in total. The molecular formula is C14H15BrN2O2. The number of carbonyl (C=O) groups is 1. The minimum absolute atomic E-state index is 0.282. The zero-order valence-electron chi connectivity index (χ0n) is 10.9. The molecule has 0 spiro atoms. The number of aromatic carboxylic acids is 1. The molecule has 0 saturated carbocycles. The van der Waals surface area contributed by atoms with E-state index in [9.17, 15) is 9.90 Å². The molecular weight excluding hydrogens is 308 g/mol. The van der Waals surface area contributed by atoms with Crippen LogP contribution in [0, 0.1) is 6.92 Å². The lowest BCUT2D eigenvalue weighted by molar-refractivity contribution is 0.0695. The van der Waals surface area contributed by atoms with E-state index in [-0.39, 0.29) is 5.56 Å². The second-order valence-electron chi connectivity index (χ2n) is 4.40. The van der Waals surface area contributed by atoms with Crippen molar-refractivity contribution in [1.82, 2.24) is 9.78 Å². The van der Waals surface area contributed by atoms with E-state index in [0.29, 0.717) is 6.42 Å². The van der Waals surface area contributed by atoms with Crippen molar-refractivity contribution < 1.29 is 9.90 Å². The van der Waals surface area contributed by atoms with Crippen LogP contribution in [0.3, 0.4) is 0 Å². The second kappa shape index (κ2) is 5.57. The van der Waals surface area contributed by atoms with E-state index in [1.54, 1.807) is 4.68 Å². The molecule has 1 aromatic carbocycles. The molecule has 1 N–H and O–H groups in total. The van der Waals surface area contributed by atoms with Gasteiger partial charge in [0.2, 0.25) is 0 Å². The molecule has 0 saturated heterocycles. The maximum atomic E-state index is 11.2. The first-order valence-electron chi connectivity index (χ1n) is 6.11. The lowest BCUT2D eigenvalue weighted by Gasteiger charge is -2.11. The number of hydrogen-bond acceptors (Lipinski definition) is 2. The Balaban J connectivity index is 2.58. The number of nitrogens with zero attached hydrogens (tertiary/aromatic N) is 2. The molecule has 1 aromatic heterocycles. The molecule has 19 heavy (non-hydrogen) atoms. The Morgan fingerprint density at radius 2 is 2.21 bits per heavy atom. The molecule has 2 rings (SSSR count). The lowest BCUT2D eigenvalue weighted by Crippen LogP contribution is -2.07. The van der Waals surface area contributed by atoms with Gasteiger partial charge in [0.1, 0.15) is 5.56 Å². The number of benzene rings is 1. The fourth-order valence-electron chi connectivity index (χ4n) is 2.09.